The number of aryl methyl sites for hydroxylation is 1. The van der Waals surface area contributed by atoms with Crippen molar-refractivity contribution in [1.82, 2.24) is 9.62 Å². The van der Waals surface area contributed by atoms with Crippen LogP contribution in [0, 0.1) is 23.7 Å². The van der Waals surface area contributed by atoms with Crippen LogP contribution in [0.1, 0.15) is 67.4 Å². The average Bonchev–Trinajstić information content (AvgIpc) is 3.21. The Bertz CT molecular complexity index is 1690. The molecular weight excluding hydrogens is 662 g/mol. The number of anilines is 1. The van der Waals surface area contributed by atoms with Gasteiger partial charge in [0.15, 0.2) is 6.29 Å². The molecule has 1 saturated heterocycles. The molecule has 2 aliphatic carbocycles. The van der Waals surface area contributed by atoms with Gasteiger partial charge in [-0.2, -0.15) is 0 Å². The van der Waals surface area contributed by atoms with Crippen LogP contribution in [0.5, 0.6) is 5.75 Å². The number of benzene rings is 2. The van der Waals surface area contributed by atoms with E-state index in [2.05, 4.69) is 38.8 Å². The van der Waals surface area contributed by atoms with Gasteiger partial charge in [-0.05, 0) is 119 Å². The topological polar surface area (TPSA) is 97.4 Å². The van der Waals surface area contributed by atoms with Crippen molar-refractivity contribution in [2.75, 3.05) is 51.9 Å². The number of amides is 1. The number of halogens is 1. The Kier molecular flexibility index (Phi) is 9.82. The largest absolute Gasteiger partial charge is 0.490 e. The maximum absolute atomic E-state index is 13.5. The molecule has 6 atom stereocenters. The normalized spacial score (nSPS) is 35.3. The Morgan fingerprint density at radius 1 is 1.06 bits per heavy atom. The standard InChI is InChI=1S/C38H50ClN3O6S/c1-24-7-5-9-32(37-46-20-30(21-47-37)41(3)4)31-13-10-28(31)19-42-22-38(16-6-8-26-17-29(39)12-14-33(26)38)23-48-35-15-11-27(18-34(35)42)36(43)40-49(44,45)25(24)2/h5,9,11-12,14-15,17-18,24-25,28,30-32,37H,6-8,10,13,16,19-23H2,1-4H3,(H,40,43)/b9-5+/t24-,25+,28-,30-,31+,32-,37+,38-/m0/s1. The number of ether oxygens (including phenoxy) is 3. The molecule has 9 nitrogen and oxygen atoms in total. The monoisotopic (exact) mass is 711 g/mol. The summed E-state index contributed by atoms with van der Waals surface area (Å²) < 4.78 is 48.8. The summed E-state index contributed by atoms with van der Waals surface area (Å²) in [5, 5.41) is -0.0271. The van der Waals surface area contributed by atoms with Crippen LogP contribution < -0.4 is 14.4 Å². The molecule has 2 bridgehead atoms. The highest BCUT2D eigenvalue weighted by molar-refractivity contribution is 7.90. The van der Waals surface area contributed by atoms with Crippen molar-refractivity contribution >= 4 is 33.2 Å². The minimum absolute atomic E-state index is 0.0362. The fourth-order valence-electron chi connectivity index (χ4n) is 8.56. The first kappa shape index (κ1) is 34.8. The molecule has 2 fully saturated rings. The van der Waals surface area contributed by atoms with Gasteiger partial charge in [-0.15, -0.1) is 0 Å². The van der Waals surface area contributed by atoms with Gasteiger partial charge in [0.25, 0.3) is 5.91 Å². The van der Waals surface area contributed by atoms with Crippen LogP contribution in [-0.2, 0) is 31.3 Å². The van der Waals surface area contributed by atoms with Crippen molar-refractivity contribution in [2.24, 2.45) is 23.7 Å². The predicted octanol–water partition coefficient (Wildman–Crippen LogP) is 5.80. The van der Waals surface area contributed by atoms with Crippen molar-refractivity contribution in [3.05, 3.63) is 70.3 Å². The molecule has 7 rings (SSSR count). The maximum Gasteiger partial charge on any atom is 0.264 e. The van der Waals surface area contributed by atoms with Gasteiger partial charge in [-0.25, -0.2) is 13.1 Å². The zero-order chi connectivity index (χ0) is 34.5. The Morgan fingerprint density at radius 3 is 2.59 bits per heavy atom. The van der Waals surface area contributed by atoms with E-state index in [4.69, 9.17) is 25.8 Å². The quantitative estimate of drug-likeness (QED) is 0.391. The van der Waals surface area contributed by atoms with Crippen LogP contribution in [0.15, 0.2) is 48.6 Å². The lowest BCUT2D eigenvalue weighted by atomic mass is 9.65. The molecule has 1 amide bonds. The Labute approximate surface area is 296 Å². The third-order valence-electron chi connectivity index (χ3n) is 12.1. The highest BCUT2D eigenvalue weighted by Gasteiger charge is 2.46. The van der Waals surface area contributed by atoms with E-state index in [0.717, 1.165) is 55.9 Å². The Balaban J connectivity index is 1.28. The average molecular weight is 712 g/mol. The highest BCUT2D eigenvalue weighted by atomic mass is 35.5. The van der Waals surface area contributed by atoms with Crippen LogP contribution in [0.2, 0.25) is 5.02 Å². The van der Waals surface area contributed by atoms with E-state index in [9.17, 15) is 13.2 Å². The number of fused-ring (bicyclic) bond motifs is 4. The van der Waals surface area contributed by atoms with Gasteiger partial charge in [0.05, 0.1) is 36.8 Å². The molecule has 0 radical (unpaired) electrons. The van der Waals surface area contributed by atoms with Gasteiger partial charge >= 0.3 is 0 Å². The fraction of sp³-hybridized carbons (Fsp3) is 0.605. The third-order valence-corrected chi connectivity index (χ3v) is 14.2. The van der Waals surface area contributed by atoms with Crippen molar-refractivity contribution in [3.8, 4) is 5.75 Å². The van der Waals surface area contributed by atoms with Gasteiger partial charge in [0, 0.05) is 35.0 Å². The van der Waals surface area contributed by atoms with Gasteiger partial charge in [0.1, 0.15) is 5.75 Å². The second-order valence-corrected chi connectivity index (χ2v) is 17.8. The van der Waals surface area contributed by atoms with Gasteiger partial charge in [-0.1, -0.05) is 36.7 Å². The highest BCUT2D eigenvalue weighted by Crippen LogP contribution is 2.48. The number of hydrogen-bond acceptors (Lipinski definition) is 8. The molecule has 1 spiro atoms. The molecule has 3 heterocycles. The molecule has 3 aliphatic heterocycles. The second-order valence-electron chi connectivity index (χ2n) is 15.3. The van der Waals surface area contributed by atoms with Crippen molar-refractivity contribution in [2.45, 2.75) is 75.4 Å². The van der Waals surface area contributed by atoms with Crippen LogP contribution in [0.4, 0.5) is 5.69 Å². The maximum atomic E-state index is 13.5. The second kappa shape index (κ2) is 13.8. The lowest BCUT2D eigenvalue weighted by Gasteiger charge is -2.48. The van der Waals surface area contributed by atoms with Gasteiger partial charge in [-0.3, -0.25) is 4.79 Å². The van der Waals surface area contributed by atoms with Crippen LogP contribution in [0.25, 0.3) is 0 Å². The van der Waals surface area contributed by atoms with E-state index in [1.165, 1.54) is 11.1 Å². The summed E-state index contributed by atoms with van der Waals surface area (Å²) in [6.45, 7) is 6.82. The number of carbonyl (C=O) groups excluding carboxylic acids is 1. The number of hydrogen-bond donors (Lipinski definition) is 1. The minimum Gasteiger partial charge on any atom is -0.490 e. The Hall–Kier alpha value is -2.63. The van der Waals surface area contributed by atoms with E-state index < -0.39 is 21.2 Å². The van der Waals surface area contributed by atoms with Crippen molar-refractivity contribution < 1.29 is 27.4 Å². The third kappa shape index (κ3) is 6.88. The molecule has 266 valence electrons. The summed E-state index contributed by atoms with van der Waals surface area (Å²) in [4.78, 5) is 18.1. The predicted molar refractivity (Wildman–Crippen MR) is 192 cm³/mol. The number of rotatable bonds is 2. The molecular formula is C38H50ClN3O6S. The molecule has 1 N–H and O–H groups in total. The summed E-state index contributed by atoms with van der Waals surface area (Å²) in [5.74, 6) is 0.612. The summed E-state index contributed by atoms with van der Waals surface area (Å²) >= 11 is 6.47. The molecule has 2 aromatic carbocycles. The smallest absolute Gasteiger partial charge is 0.264 e. The number of likely N-dealkylation sites (N-methyl/N-ethyl adjacent to an activating group) is 1. The lowest BCUT2D eigenvalue weighted by Crippen LogP contribution is -2.51. The molecule has 49 heavy (non-hydrogen) atoms. The van der Waals surface area contributed by atoms with Crippen molar-refractivity contribution in [3.63, 3.8) is 0 Å². The number of allylic oxidation sites excluding steroid dienone is 1. The number of nitrogens with zero attached hydrogens (tertiary/aromatic N) is 2. The first-order valence-electron chi connectivity index (χ1n) is 17.9. The zero-order valence-electron chi connectivity index (χ0n) is 29.1. The van der Waals surface area contributed by atoms with Crippen LogP contribution >= 0.6 is 11.6 Å². The summed E-state index contributed by atoms with van der Waals surface area (Å²) in [7, 11) is 0.157. The Morgan fingerprint density at radius 2 is 1.86 bits per heavy atom. The van der Waals surface area contributed by atoms with Gasteiger partial charge in [0.2, 0.25) is 10.0 Å². The van der Waals surface area contributed by atoms with E-state index >= 15 is 0 Å². The number of sulfonamides is 1. The van der Waals surface area contributed by atoms with E-state index in [1.54, 1.807) is 13.0 Å². The molecule has 0 aromatic heterocycles. The summed E-state index contributed by atoms with van der Waals surface area (Å²) in [6.07, 6.45) is 9.66. The first-order chi connectivity index (χ1) is 23.4. The molecule has 11 heteroatoms. The van der Waals surface area contributed by atoms with E-state index in [0.29, 0.717) is 49.4 Å². The summed E-state index contributed by atoms with van der Waals surface area (Å²) in [5.41, 5.74) is 3.42. The fourth-order valence-corrected chi connectivity index (χ4v) is 10.0. The SMILES string of the molecule is C[C@@H]1[C@@H](C)C/C=C/[C@H]([C@H]2OC[C@@H](N(C)C)CO2)[C@@H]2CC[C@H]2CN2C[C@@]3(CCCc4cc(Cl)ccc43)COc3ccc(cc32)C(=O)NS1(=O)=O. The zero-order valence-corrected chi connectivity index (χ0v) is 30.6. The van der Waals surface area contributed by atoms with Crippen LogP contribution in [-0.4, -0.2) is 83.8 Å². The number of nitrogens with one attached hydrogen (secondary N) is 1. The molecule has 0 unspecified atom stereocenters. The summed E-state index contributed by atoms with van der Waals surface area (Å²) in [6, 6.07) is 11.8. The number of carbonyl (C=O) groups is 1. The molecule has 2 aromatic rings. The lowest BCUT2D eigenvalue weighted by molar-refractivity contribution is -0.230. The van der Waals surface area contributed by atoms with E-state index in [1.807, 2.05) is 39.2 Å². The van der Waals surface area contributed by atoms with E-state index in [-0.39, 0.29) is 29.6 Å². The van der Waals surface area contributed by atoms with Crippen molar-refractivity contribution in [1.29, 1.82) is 0 Å². The molecule has 1 saturated carbocycles. The van der Waals surface area contributed by atoms with Gasteiger partial charge < -0.3 is 24.0 Å². The minimum atomic E-state index is -3.94. The first-order valence-corrected chi connectivity index (χ1v) is 19.8. The van der Waals surface area contributed by atoms with Crippen LogP contribution in [0.3, 0.4) is 0 Å². The molecule has 5 aliphatic rings.